The molecule has 4 aliphatic rings. The summed E-state index contributed by atoms with van der Waals surface area (Å²) in [4.78, 5) is 13.0. The molecule has 8 bridgehead atoms. The van der Waals surface area contributed by atoms with Crippen LogP contribution in [0, 0.1) is 0 Å². The summed E-state index contributed by atoms with van der Waals surface area (Å²) < 4.78 is 1.07. The summed E-state index contributed by atoms with van der Waals surface area (Å²) >= 11 is 3.55. The third kappa shape index (κ3) is 3.51. The van der Waals surface area contributed by atoms with Crippen molar-refractivity contribution in [2.24, 2.45) is 9.98 Å². The van der Waals surface area contributed by atoms with E-state index in [1.807, 2.05) is 6.08 Å². The van der Waals surface area contributed by atoms with E-state index in [-0.39, 0.29) is 5.54 Å². The number of hydrogen-bond donors (Lipinski definition) is 2. The van der Waals surface area contributed by atoms with Crippen LogP contribution in [-0.4, -0.2) is 16.4 Å². The van der Waals surface area contributed by atoms with Gasteiger partial charge in [-0.1, -0.05) is 34.1 Å². The molecule has 4 nitrogen and oxygen atoms in total. The second kappa shape index (κ2) is 7.06. The van der Waals surface area contributed by atoms with E-state index in [0.29, 0.717) is 0 Å². The van der Waals surface area contributed by atoms with Gasteiger partial charge in [-0.05, 0) is 84.9 Å². The van der Waals surface area contributed by atoms with E-state index in [2.05, 4.69) is 111 Å². The molecule has 150 valence electrons. The lowest BCUT2D eigenvalue weighted by Gasteiger charge is -2.29. The highest BCUT2D eigenvalue weighted by Crippen LogP contribution is 2.36. The summed E-state index contributed by atoms with van der Waals surface area (Å²) in [5.74, 6) is 0. The number of nitrogens with zero attached hydrogens (tertiary/aromatic N) is 2. The van der Waals surface area contributed by atoms with Gasteiger partial charge in [-0.3, -0.25) is 0 Å². The number of rotatable bonds is 1. The molecule has 2 N–H and O–H groups in total. The predicted octanol–water partition coefficient (Wildman–Crippen LogP) is 3.91. The smallest absolute Gasteiger partial charge is 0.0868 e. The Balaban J connectivity index is 1.52. The molecule has 1 aromatic carbocycles. The van der Waals surface area contributed by atoms with Gasteiger partial charge in [0.1, 0.15) is 0 Å². The van der Waals surface area contributed by atoms with Crippen molar-refractivity contribution in [2.75, 3.05) is 0 Å². The van der Waals surface area contributed by atoms with Gasteiger partial charge in [0.25, 0.3) is 0 Å². The van der Waals surface area contributed by atoms with Crippen molar-refractivity contribution < 1.29 is 0 Å². The Hall–Kier alpha value is -3.44. The average molecular weight is 467 g/mol. The molecule has 5 heterocycles. The first-order valence-electron chi connectivity index (χ1n) is 10.2. The van der Waals surface area contributed by atoms with Crippen LogP contribution in [0.3, 0.4) is 0 Å². The molecular formula is C26H19BrN4. The Bertz CT molecular complexity index is 1420. The molecule has 2 aromatic rings. The highest BCUT2D eigenvalue weighted by molar-refractivity contribution is 9.10. The van der Waals surface area contributed by atoms with Crippen LogP contribution >= 0.6 is 15.9 Å². The molecule has 1 aromatic heterocycles. The second-order valence-corrected chi connectivity index (χ2v) is 8.92. The monoisotopic (exact) mass is 466 g/mol. The number of nitrogens with one attached hydrogen (secondary N) is 2. The van der Waals surface area contributed by atoms with Crippen LogP contribution in [0.25, 0.3) is 12.2 Å². The molecule has 0 radical (unpaired) electrons. The summed E-state index contributed by atoms with van der Waals surface area (Å²) in [6.45, 7) is 0. The third-order valence-corrected chi connectivity index (χ3v) is 6.30. The van der Waals surface area contributed by atoms with Crippen molar-refractivity contribution in [1.29, 1.82) is 0 Å². The van der Waals surface area contributed by atoms with E-state index < -0.39 is 0 Å². The first kappa shape index (κ1) is 18.3. The van der Waals surface area contributed by atoms with E-state index in [1.54, 1.807) is 0 Å². The molecule has 0 spiro atoms. The number of allylic oxidation sites excluding steroid dienone is 5. The number of aromatic nitrogens is 1. The largest absolute Gasteiger partial charge is 0.372 e. The van der Waals surface area contributed by atoms with E-state index >= 15 is 0 Å². The van der Waals surface area contributed by atoms with Gasteiger partial charge in [-0.15, -0.1) is 0 Å². The van der Waals surface area contributed by atoms with Crippen molar-refractivity contribution in [3.8, 4) is 0 Å². The van der Waals surface area contributed by atoms with Gasteiger partial charge in [0.15, 0.2) is 0 Å². The van der Waals surface area contributed by atoms with Crippen LogP contribution in [0.1, 0.15) is 12.0 Å². The van der Waals surface area contributed by atoms with Crippen LogP contribution in [0.5, 0.6) is 0 Å². The van der Waals surface area contributed by atoms with Gasteiger partial charge >= 0.3 is 0 Å². The number of hydrogen-bond acceptors (Lipinski definition) is 3. The van der Waals surface area contributed by atoms with Crippen molar-refractivity contribution in [2.45, 2.75) is 12.0 Å². The summed E-state index contributed by atoms with van der Waals surface area (Å²) in [6, 6.07) is 12.6. The van der Waals surface area contributed by atoms with Gasteiger partial charge < -0.3 is 10.3 Å². The predicted molar refractivity (Wildman–Crippen MR) is 130 cm³/mol. The first-order chi connectivity index (χ1) is 15.1. The maximum atomic E-state index is 4.85. The van der Waals surface area contributed by atoms with Gasteiger partial charge in [0.05, 0.1) is 28.4 Å². The van der Waals surface area contributed by atoms with Crippen molar-refractivity contribution in [1.82, 2.24) is 10.3 Å². The summed E-state index contributed by atoms with van der Waals surface area (Å²) in [7, 11) is 0. The topological polar surface area (TPSA) is 52.5 Å². The minimum atomic E-state index is -0.358. The minimum absolute atomic E-state index is 0.358. The van der Waals surface area contributed by atoms with Crippen LogP contribution in [0.15, 0.2) is 110 Å². The number of aromatic amines is 1. The molecule has 0 aliphatic carbocycles. The molecule has 0 saturated carbocycles. The van der Waals surface area contributed by atoms with Crippen molar-refractivity contribution in [3.05, 3.63) is 117 Å². The van der Waals surface area contributed by atoms with E-state index in [0.717, 1.165) is 50.1 Å². The SMILES string of the molecule is Brc1ccc(C23C=C4C=CC(=N4)C=c4ccc([nH]4)=CC4=NC(=CC(=CC2)N3)C=C4)cc1. The van der Waals surface area contributed by atoms with Gasteiger partial charge in [-0.2, -0.15) is 0 Å². The highest BCUT2D eigenvalue weighted by atomic mass is 79.9. The number of benzene rings is 1. The fourth-order valence-corrected chi connectivity index (χ4v) is 4.54. The first-order valence-corrected chi connectivity index (χ1v) is 11.0. The molecule has 5 heteroatoms. The van der Waals surface area contributed by atoms with Crippen molar-refractivity contribution >= 4 is 39.5 Å². The lowest BCUT2D eigenvalue weighted by molar-refractivity contribution is 0.504. The molecule has 0 fully saturated rings. The Kier molecular flexibility index (Phi) is 4.18. The van der Waals surface area contributed by atoms with E-state index in [4.69, 9.17) is 9.98 Å². The molecule has 0 amide bonds. The van der Waals surface area contributed by atoms with Crippen LogP contribution < -0.4 is 16.0 Å². The second-order valence-electron chi connectivity index (χ2n) is 8.00. The van der Waals surface area contributed by atoms with E-state index in [9.17, 15) is 0 Å². The average Bonchev–Trinajstić information content (AvgIpc) is 3.54. The summed E-state index contributed by atoms with van der Waals surface area (Å²) in [5.41, 5.74) is 5.67. The Morgan fingerprint density at radius 1 is 0.774 bits per heavy atom. The van der Waals surface area contributed by atoms with Crippen LogP contribution in [-0.2, 0) is 5.54 Å². The van der Waals surface area contributed by atoms with Gasteiger partial charge in [0, 0.05) is 20.9 Å². The number of aliphatic imine (C=N–C) groups is 2. The zero-order valence-electron chi connectivity index (χ0n) is 16.6. The third-order valence-electron chi connectivity index (χ3n) is 5.77. The maximum Gasteiger partial charge on any atom is 0.0868 e. The molecule has 1 atom stereocenters. The zero-order valence-corrected chi connectivity index (χ0v) is 18.2. The van der Waals surface area contributed by atoms with E-state index in [1.165, 1.54) is 5.56 Å². The summed E-state index contributed by atoms with van der Waals surface area (Å²) in [6.07, 6.45) is 19.8. The Morgan fingerprint density at radius 2 is 1.45 bits per heavy atom. The molecule has 6 rings (SSSR count). The molecule has 4 aliphatic heterocycles. The van der Waals surface area contributed by atoms with Gasteiger partial charge in [-0.25, -0.2) is 9.98 Å². The number of fused-ring (bicyclic) bond motifs is 6. The molecule has 1 unspecified atom stereocenters. The zero-order chi connectivity index (χ0) is 20.8. The highest BCUT2D eigenvalue weighted by Gasteiger charge is 2.34. The van der Waals surface area contributed by atoms with Crippen LogP contribution in [0.4, 0.5) is 0 Å². The fraction of sp³-hybridized carbons (Fsp3) is 0.0769. The Labute approximate surface area is 188 Å². The fourth-order valence-electron chi connectivity index (χ4n) is 4.28. The summed E-state index contributed by atoms with van der Waals surface area (Å²) in [5, 5.41) is 5.79. The maximum absolute atomic E-state index is 4.85. The number of halogens is 1. The van der Waals surface area contributed by atoms with Gasteiger partial charge in [0.2, 0.25) is 0 Å². The molecule has 31 heavy (non-hydrogen) atoms. The minimum Gasteiger partial charge on any atom is -0.372 e. The normalized spacial score (nSPS) is 23.2. The number of H-pyrrole nitrogens is 1. The molecular weight excluding hydrogens is 448 g/mol. The lowest BCUT2D eigenvalue weighted by Crippen LogP contribution is -2.35. The Morgan fingerprint density at radius 3 is 2.19 bits per heavy atom. The lowest BCUT2D eigenvalue weighted by atomic mass is 9.87. The van der Waals surface area contributed by atoms with Crippen molar-refractivity contribution in [3.63, 3.8) is 0 Å². The standard InChI is InChI=1S/C26H19BrN4/c27-18-3-1-17(2-4-18)26-12-11-24(31-26)15-23-8-7-20(29-23)13-19-5-6-21(28-19)14-22-9-10-25(16-26)30-22/h1-11,13-16,28,31H,12H2. The van der Waals surface area contributed by atoms with Crippen LogP contribution in [0.2, 0.25) is 0 Å². The quantitative estimate of drug-likeness (QED) is 0.657. The molecule has 0 saturated heterocycles.